The maximum atomic E-state index is 11.5. The zero-order valence-corrected chi connectivity index (χ0v) is 14.6. The zero-order chi connectivity index (χ0) is 17.1. The van der Waals surface area contributed by atoms with E-state index in [1.54, 1.807) is 6.92 Å². The molecule has 2 saturated heterocycles. The number of hydrogen-bond donors (Lipinski definition) is 0. The molecule has 0 aliphatic carbocycles. The second-order valence-corrected chi connectivity index (χ2v) is 7.09. The monoisotopic (exact) mass is 326 g/mol. The Hall–Kier alpha value is -1.90. The van der Waals surface area contributed by atoms with Crippen molar-refractivity contribution in [3.05, 3.63) is 35.4 Å². The van der Waals surface area contributed by atoms with Crippen LogP contribution in [0.25, 0.3) is 0 Å². The van der Waals surface area contributed by atoms with Crippen LogP contribution in [0.5, 0.6) is 0 Å². The van der Waals surface area contributed by atoms with Crippen LogP contribution in [0.15, 0.2) is 24.3 Å². The molecule has 0 spiro atoms. The van der Waals surface area contributed by atoms with Crippen molar-refractivity contribution in [2.75, 3.05) is 39.3 Å². The zero-order valence-electron chi connectivity index (χ0n) is 14.6. The number of likely N-dealkylation sites (tertiary alicyclic amines) is 1. The molecule has 0 saturated carbocycles. The second kappa shape index (κ2) is 7.33. The topological polar surface area (TPSA) is 50.6 Å². The van der Waals surface area contributed by atoms with Crippen molar-refractivity contribution in [1.29, 1.82) is 5.26 Å². The van der Waals surface area contributed by atoms with Gasteiger partial charge in [0.25, 0.3) is 0 Å². The highest BCUT2D eigenvalue weighted by Gasteiger charge is 2.35. The van der Waals surface area contributed by atoms with Crippen LogP contribution < -0.4 is 0 Å². The molecule has 0 bridgehead atoms. The first-order valence-corrected chi connectivity index (χ1v) is 8.78. The van der Waals surface area contributed by atoms with Crippen molar-refractivity contribution >= 4 is 5.91 Å². The van der Waals surface area contributed by atoms with Crippen molar-refractivity contribution in [2.24, 2.45) is 5.92 Å². The minimum atomic E-state index is 0.188. The Morgan fingerprint density at radius 1 is 1.25 bits per heavy atom. The second-order valence-electron chi connectivity index (χ2n) is 7.09. The molecule has 5 heteroatoms. The summed E-state index contributed by atoms with van der Waals surface area (Å²) in [5.41, 5.74) is 1.94. The van der Waals surface area contributed by atoms with E-state index in [0.29, 0.717) is 12.0 Å². The summed E-state index contributed by atoms with van der Waals surface area (Å²) in [6, 6.07) is 10.7. The molecular formula is C19H26N4O. The van der Waals surface area contributed by atoms with Gasteiger partial charge in [-0.15, -0.1) is 0 Å². The lowest BCUT2D eigenvalue weighted by atomic mass is 10.0. The van der Waals surface area contributed by atoms with Crippen molar-refractivity contribution in [3.63, 3.8) is 0 Å². The van der Waals surface area contributed by atoms with Crippen LogP contribution in [0.1, 0.15) is 25.0 Å². The van der Waals surface area contributed by atoms with Gasteiger partial charge in [-0.3, -0.25) is 14.6 Å². The van der Waals surface area contributed by atoms with E-state index in [-0.39, 0.29) is 5.91 Å². The molecule has 2 aliphatic rings. The molecule has 0 N–H and O–H groups in total. The summed E-state index contributed by atoms with van der Waals surface area (Å²) in [5.74, 6) is 0.821. The first-order valence-electron chi connectivity index (χ1n) is 8.78. The molecule has 0 unspecified atom stereocenters. The summed E-state index contributed by atoms with van der Waals surface area (Å²) in [7, 11) is 0. The van der Waals surface area contributed by atoms with Crippen LogP contribution in [-0.2, 0) is 11.3 Å². The van der Waals surface area contributed by atoms with Gasteiger partial charge in [0.05, 0.1) is 11.6 Å². The number of carbonyl (C=O) groups is 1. The fourth-order valence-corrected chi connectivity index (χ4v) is 4.02. The van der Waals surface area contributed by atoms with E-state index < -0.39 is 0 Å². The summed E-state index contributed by atoms with van der Waals surface area (Å²) in [5, 5.41) is 9.04. The fourth-order valence-electron chi connectivity index (χ4n) is 4.02. The van der Waals surface area contributed by atoms with Crippen molar-refractivity contribution in [3.8, 4) is 6.07 Å². The summed E-state index contributed by atoms with van der Waals surface area (Å²) >= 11 is 0. The normalized spacial score (nSPS) is 25.6. The van der Waals surface area contributed by atoms with E-state index in [4.69, 9.17) is 5.26 Å². The predicted molar refractivity (Wildman–Crippen MR) is 93.2 cm³/mol. The predicted octanol–water partition coefficient (Wildman–Crippen LogP) is 1.54. The first kappa shape index (κ1) is 16.9. The average molecular weight is 326 g/mol. The number of piperazine rings is 1. The number of benzene rings is 1. The van der Waals surface area contributed by atoms with Gasteiger partial charge < -0.3 is 4.90 Å². The van der Waals surface area contributed by atoms with Gasteiger partial charge in [-0.05, 0) is 23.6 Å². The van der Waals surface area contributed by atoms with Gasteiger partial charge in [0.1, 0.15) is 0 Å². The molecule has 5 nitrogen and oxygen atoms in total. The highest BCUT2D eigenvalue weighted by molar-refractivity contribution is 5.73. The Kier molecular flexibility index (Phi) is 5.17. The summed E-state index contributed by atoms with van der Waals surface area (Å²) in [6.45, 7) is 10.7. The summed E-state index contributed by atoms with van der Waals surface area (Å²) in [6.07, 6.45) is 0. The van der Waals surface area contributed by atoms with E-state index >= 15 is 0 Å². The highest BCUT2D eigenvalue weighted by atomic mass is 16.2. The average Bonchev–Trinajstić information content (AvgIpc) is 2.95. The number of nitrogens with zero attached hydrogens (tertiary/aromatic N) is 4. The van der Waals surface area contributed by atoms with Gasteiger partial charge in [0.15, 0.2) is 0 Å². The van der Waals surface area contributed by atoms with Gasteiger partial charge in [0.2, 0.25) is 5.91 Å². The van der Waals surface area contributed by atoms with Gasteiger partial charge in [-0.2, -0.15) is 5.26 Å². The third-order valence-corrected chi connectivity index (χ3v) is 5.34. The Labute approximate surface area is 144 Å². The van der Waals surface area contributed by atoms with Gasteiger partial charge in [0, 0.05) is 58.8 Å². The third-order valence-electron chi connectivity index (χ3n) is 5.34. The maximum Gasteiger partial charge on any atom is 0.219 e. The molecule has 2 aliphatic heterocycles. The summed E-state index contributed by atoms with van der Waals surface area (Å²) < 4.78 is 0. The molecule has 2 heterocycles. The quantitative estimate of drug-likeness (QED) is 0.845. The lowest BCUT2D eigenvalue weighted by Crippen LogP contribution is -2.53. The maximum absolute atomic E-state index is 11.5. The minimum Gasteiger partial charge on any atom is -0.340 e. The molecule has 0 radical (unpaired) electrons. The van der Waals surface area contributed by atoms with Gasteiger partial charge in [-0.1, -0.05) is 19.1 Å². The van der Waals surface area contributed by atoms with Crippen LogP contribution in [0.2, 0.25) is 0 Å². The Balaban J connectivity index is 1.57. The largest absolute Gasteiger partial charge is 0.340 e. The van der Waals surface area contributed by atoms with Crippen molar-refractivity contribution < 1.29 is 4.79 Å². The van der Waals surface area contributed by atoms with E-state index in [2.05, 4.69) is 28.9 Å². The molecule has 1 amide bonds. The van der Waals surface area contributed by atoms with Crippen LogP contribution >= 0.6 is 0 Å². The molecule has 24 heavy (non-hydrogen) atoms. The van der Waals surface area contributed by atoms with Crippen LogP contribution in [0, 0.1) is 17.2 Å². The SMILES string of the molecule is CC(=O)N1CCN([C@@H]2CN(Cc3cccc(C#N)c3)C[C@@H]2C)CC1. The minimum absolute atomic E-state index is 0.188. The van der Waals surface area contributed by atoms with Crippen molar-refractivity contribution in [2.45, 2.75) is 26.4 Å². The van der Waals surface area contributed by atoms with Crippen molar-refractivity contribution in [1.82, 2.24) is 14.7 Å². The third kappa shape index (κ3) is 3.77. The molecule has 1 aromatic rings. The van der Waals surface area contributed by atoms with E-state index in [1.165, 1.54) is 5.56 Å². The smallest absolute Gasteiger partial charge is 0.219 e. The lowest BCUT2D eigenvalue weighted by Gasteiger charge is -2.39. The van der Waals surface area contributed by atoms with Gasteiger partial charge in [-0.25, -0.2) is 0 Å². The molecule has 0 aromatic heterocycles. The first-order chi connectivity index (χ1) is 11.6. The highest BCUT2D eigenvalue weighted by Crippen LogP contribution is 2.24. The molecule has 128 valence electrons. The lowest BCUT2D eigenvalue weighted by molar-refractivity contribution is -0.130. The Morgan fingerprint density at radius 3 is 2.67 bits per heavy atom. The van der Waals surface area contributed by atoms with Crippen LogP contribution in [0.4, 0.5) is 0 Å². The van der Waals surface area contributed by atoms with E-state index in [0.717, 1.165) is 51.4 Å². The molecule has 2 atom stereocenters. The Bertz CT molecular complexity index is 630. The van der Waals surface area contributed by atoms with Gasteiger partial charge >= 0.3 is 0 Å². The van der Waals surface area contributed by atoms with Crippen LogP contribution in [0.3, 0.4) is 0 Å². The fraction of sp³-hybridized carbons (Fsp3) is 0.579. The molecule has 3 rings (SSSR count). The molecule has 2 fully saturated rings. The molecule has 1 aromatic carbocycles. The number of nitriles is 1. The number of carbonyl (C=O) groups excluding carboxylic acids is 1. The standard InChI is InChI=1S/C19H26N4O/c1-15-12-21(13-18-5-3-4-17(10-18)11-20)14-19(15)23-8-6-22(7-9-23)16(2)24/h3-5,10,15,19H,6-9,12-14H2,1-2H3/t15-,19+/m0/s1. The van der Waals surface area contributed by atoms with E-state index in [9.17, 15) is 4.79 Å². The number of rotatable bonds is 3. The Morgan fingerprint density at radius 2 is 2.00 bits per heavy atom. The van der Waals surface area contributed by atoms with Crippen LogP contribution in [-0.4, -0.2) is 65.9 Å². The van der Waals surface area contributed by atoms with E-state index in [1.807, 2.05) is 23.1 Å². The number of hydrogen-bond acceptors (Lipinski definition) is 4. The number of amides is 1. The molecular weight excluding hydrogens is 300 g/mol. The summed E-state index contributed by atoms with van der Waals surface area (Å²) in [4.78, 5) is 18.5.